The number of nitrogens with zero attached hydrogens (tertiary/aromatic N) is 2. The topological polar surface area (TPSA) is 81.1 Å². The van der Waals surface area contributed by atoms with Crippen molar-refractivity contribution in [3.05, 3.63) is 21.9 Å². The molecular weight excluding hydrogens is 304 g/mol. The van der Waals surface area contributed by atoms with Crippen molar-refractivity contribution in [2.45, 2.75) is 25.4 Å². The molecule has 2 rings (SSSR count). The lowest BCUT2D eigenvalue weighted by molar-refractivity contribution is -0.130. The fourth-order valence-electron chi connectivity index (χ4n) is 2.63. The Morgan fingerprint density at radius 2 is 2.14 bits per heavy atom. The van der Waals surface area contributed by atoms with Crippen molar-refractivity contribution in [1.29, 1.82) is 0 Å². The summed E-state index contributed by atoms with van der Waals surface area (Å²) in [5, 5.41) is 17.3. The molecule has 124 valence electrons. The van der Waals surface area contributed by atoms with Gasteiger partial charge in [0.1, 0.15) is 0 Å². The number of thiophene rings is 1. The highest BCUT2D eigenvalue weighted by molar-refractivity contribution is 7.12. The molecule has 1 unspecified atom stereocenters. The molecule has 2 heterocycles. The van der Waals surface area contributed by atoms with Gasteiger partial charge in [-0.05, 0) is 39.6 Å². The van der Waals surface area contributed by atoms with Gasteiger partial charge in [-0.25, -0.2) is 0 Å². The molecule has 0 saturated carbocycles. The first-order chi connectivity index (χ1) is 10.3. The first-order valence-corrected chi connectivity index (χ1v) is 7.89. The van der Waals surface area contributed by atoms with Gasteiger partial charge in [0.15, 0.2) is 0 Å². The lowest BCUT2D eigenvalue weighted by Gasteiger charge is -2.26. The van der Waals surface area contributed by atoms with E-state index in [4.69, 9.17) is 9.90 Å². The van der Waals surface area contributed by atoms with E-state index in [9.17, 15) is 9.90 Å². The maximum absolute atomic E-state index is 12.2. The van der Waals surface area contributed by atoms with Gasteiger partial charge in [0, 0.05) is 22.8 Å². The third-order valence-electron chi connectivity index (χ3n) is 3.42. The van der Waals surface area contributed by atoms with Gasteiger partial charge in [-0.1, -0.05) is 0 Å². The first kappa shape index (κ1) is 18.6. The Hall–Kier alpha value is -1.44. The zero-order valence-electron chi connectivity index (χ0n) is 13.3. The van der Waals surface area contributed by atoms with Crippen LogP contribution in [0.1, 0.15) is 16.2 Å². The van der Waals surface area contributed by atoms with Crippen molar-refractivity contribution in [3.63, 3.8) is 0 Å². The lowest BCUT2D eigenvalue weighted by Crippen LogP contribution is -2.43. The second kappa shape index (κ2) is 8.26. The van der Waals surface area contributed by atoms with E-state index in [0.29, 0.717) is 32.5 Å². The van der Waals surface area contributed by atoms with Gasteiger partial charge in [-0.3, -0.25) is 9.59 Å². The van der Waals surface area contributed by atoms with Crippen LogP contribution < -0.4 is 0 Å². The first-order valence-electron chi connectivity index (χ1n) is 7.08. The summed E-state index contributed by atoms with van der Waals surface area (Å²) in [5.74, 6) is 0.122. The molecule has 1 aliphatic rings. The number of carbonyl (C=O) groups excluding carboxylic acids is 1. The number of amides is 1. The Morgan fingerprint density at radius 1 is 1.50 bits per heavy atom. The number of likely N-dealkylation sites (N-methyl/N-ethyl adjacent to an activating group) is 1. The van der Waals surface area contributed by atoms with Crippen molar-refractivity contribution >= 4 is 23.7 Å². The number of aliphatic hydroxyl groups is 1. The highest BCUT2D eigenvalue weighted by Gasteiger charge is 2.38. The van der Waals surface area contributed by atoms with Crippen molar-refractivity contribution in [1.82, 2.24) is 9.80 Å². The van der Waals surface area contributed by atoms with Gasteiger partial charge in [0.25, 0.3) is 6.47 Å². The molecule has 1 fully saturated rings. The highest BCUT2D eigenvalue weighted by atomic mass is 32.1. The SMILES string of the molecule is Cc1ccc(CC(=O)N2CCC(O)(CN(C)C)C2)s1.O=CO. The maximum Gasteiger partial charge on any atom is 0.290 e. The second-order valence-corrected chi connectivity index (χ2v) is 7.19. The number of carbonyl (C=O) groups is 2. The predicted molar refractivity (Wildman–Crippen MR) is 86.2 cm³/mol. The maximum atomic E-state index is 12.2. The minimum Gasteiger partial charge on any atom is -0.483 e. The second-order valence-electron chi connectivity index (χ2n) is 5.82. The monoisotopic (exact) mass is 328 g/mol. The fourth-order valence-corrected chi connectivity index (χ4v) is 3.51. The smallest absolute Gasteiger partial charge is 0.290 e. The van der Waals surface area contributed by atoms with Gasteiger partial charge < -0.3 is 20.0 Å². The van der Waals surface area contributed by atoms with Crippen LogP contribution >= 0.6 is 11.3 Å². The molecule has 0 spiro atoms. The summed E-state index contributed by atoms with van der Waals surface area (Å²) in [6, 6.07) is 4.06. The highest BCUT2D eigenvalue weighted by Crippen LogP contribution is 2.23. The minimum absolute atomic E-state index is 0.122. The van der Waals surface area contributed by atoms with Crippen LogP contribution in [0.15, 0.2) is 12.1 Å². The summed E-state index contributed by atoms with van der Waals surface area (Å²) in [5.41, 5.74) is -0.746. The van der Waals surface area contributed by atoms with Crippen LogP contribution in [0.2, 0.25) is 0 Å². The van der Waals surface area contributed by atoms with Crippen molar-refractivity contribution in [3.8, 4) is 0 Å². The van der Waals surface area contributed by atoms with Crippen LogP contribution in [0.3, 0.4) is 0 Å². The zero-order valence-corrected chi connectivity index (χ0v) is 14.1. The summed E-state index contributed by atoms with van der Waals surface area (Å²) >= 11 is 1.67. The minimum atomic E-state index is -0.746. The number of β-amino-alcohol motifs (C(OH)–C–C–N with tert-alkyl or cyclic N) is 1. The third kappa shape index (κ3) is 5.75. The molecule has 0 bridgehead atoms. The van der Waals surface area contributed by atoms with Crippen molar-refractivity contribution in [2.75, 3.05) is 33.7 Å². The summed E-state index contributed by atoms with van der Waals surface area (Å²) in [6.07, 6.45) is 1.12. The van der Waals surface area contributed by atoms with Crippen LogP contribution in [-0.4, -0.2) is 71.7 Å². The number of likely N-dealkylation sites (tertiary alicyclic amines) is 1. The molecule has 22 heavy (non-hydrogen) atoms. The molecule has 0 radical (unpaired) electrons. The molecule has 1 aliphatic heterocycles. The van der Waals surface area contributed by atoms with E-state index < -0.39 is 5.60 Å². The van der Waals surface area contributed by atoms with E-state index in [1.807, 2.05) is 38.1 Å². The quantitative estimate of drug-likeness (QED) is 0.800. The van der Waals surface area contributed by atoms with Crippen LogP contribution in [-0.2, 0) is 16.0 Å². The molecule has 1 aromatic rings. The summed E-state index contributed by atoms with van der Waals surface area (Å²) in [6.45, 7) is 3.51. The lowest BCUT2D eigenvalue weighted by atomic mass is 10.0. The average Bonchev–Trinajstić information content (AvgIpc) is 2.96. The van der Waals surface area contributed by atoms with Crippen LogP contribution in [0, 0.1) is 6.92 Å². The number of rotatable bonds is 4. The Labute approximate surface area is 135 Å². The van der Waals surface area contributed by atoms with Crippen molar-refractivity contribution < 1.29 is 19.8 Å². The third-order valence-corrected chi connectivity index (χ3v) is 4.42. The van der Waals surface area contributed by atoms with E-state index in [2.05, 4.69) is 0 Å². The molecule has 0 aromatic carbocycles. The van der Waals surface area contributed by atoms with E-state index in [-0.39, 0.29) is 12.4 Å². The van der Waals surface area contributed by atoms with Crippen LogP contribution in [0.4, 0.5) is 0 Å². The Kier molecular flexibility index (Phi) is 6.99. The largest absolute Gasteiger partial charge is 0.483 e. The molecule has 0 aliphatic carbocycles. The van der Waals surface area contributed by atoms with Gasteiger partial charge in [-0.15, -0.1) is 11.3 Å². The van der Waals surface area contributed by atoms with Gasteiger partial charge in [-0.2, -0.15) is 0 Å². The van der Waals surface area contributed by atoms with Gasteiger partial charge in [0.05, 0.1) is 18.6 Å². The van der Waals surface area contributed by atoms with E-state index in [0.717, 1.165) is 4.88 Å². The zero-order chi connectivity index (χ0) is 16.8. The standard InChI is InChI=1S/C14H22N2O2S.CH2O2/c1-11-4-5-12(19-11)8-13(17)16-7-6-14(18,10-16)9-15(2)3;2-1-3/h4-5,18H,6-10H2,1-3H3;1H,(H,2,3). The Balaban J connectivity index is 0.000000745. The average molecular weight is 328 g/mol. The van der Waals surface area contributed by atoms with Crippen LogP contribution in [0.25, 0.3) is 0 Å². The van der Waals surface area contributed by atoms with Gasteiger partial charge >= 0.3 is 0 Å². The summed E-state index contributed by atoms with van der Waals surface area (Å²) < 4.78 is 0. The Morgan fingerprint density at radius 3 is 2.64 bits per heavy atom. The number of hydrogen-bond acceptors (Lipinski definition) is 5. The molecule has 6 nitrogen and oxygen atoms in total. The molecular formula is C15H24N2O4S. The van der Waals surface area contributed by atoms with Gasteiger partial charge in [0.2, 0.25) is 5.91 Å². The Bertz CT molecular complexity index is 503. The van der Waals surface area contributed by atoms with E-state index in [1.54, 1.807) is 16.2 Å². The number of carboxylic acid groups (broad SMARTS) is 1. The van der Waals surface area contributed by atoms with Crippen LogP contribution in [0.5, 0.6) is 0 Å². The number of hydrogen-bond donors (Lipinski definition) is 2. The molecule has 2 N–H and O–H groups in total. The molecule has 1 aromatic heterocycles. The molecule has 7 heteroatoms. The summed E-state index contributed by atoms with van der Waals surface area (Å²) in [4.78, 5) is 26.7. The van der Waals surface area contributed by atoms with E-state index >= 15 is 0 Å². The fraction of sp³-hybridized carbons (Fsp3) is 0.600. The number of aryl methyl sites for hydroxylation is 1. The summed E-state index contributed by atoms with van der Waals surface area (Å²) in [7, 11) is 3.88. The normalized spacial score (nSPS) is 20.7. The molecule has 1 atom stereocenters. The predicted octanol–water partition coefficient (Wildman–Crippen LogP) is 0.825. The molecule has 1 amide bonds. The molecule has 1 saturated heterocycles. The van der Waals surface area contributed by atoms with E-state index in [1.165, 1.54) is 4.88 Å². The van der Waals surface area contributed by atoms with Crippen molar-refractivity contribution in [2.24, 2.45) is 0 Å².